The lowest BCUT2D eigenvalue weighted by Gasteiger charge is -2.28. The first kappa shape index (κ1) is 14.4. The number of sulfonamides is 1. The molecule has 0 rings (SSSR count). The molecule has 1 atom stereocenters. The second-order valence-corrected chi connectivity index (χ2v) is 6.14. The quantitative estimate of drug-likeness (QED) is 0.466. The van der Waals surface area contributed by atoms with Crippen molar-refractivity contribution in [3.8, 4) is 0 Å². The summed E-state index contributed by atoms with van der Waals surface area (Å²) in [5.41, 5.74) is 4.41. The van der Waals surface area contributed by atoms with E-state index in [1.165, 1.54) is 0 Å². The fourth-order valence-corrected chi connectivity index (χ4v) is 3.04. The van der Waals surface area contributed by atoms with Gasteiger partial charge in [0.15, 0.2) is 0 Å². The summed E-state index contributed by atoms with van der Waals surface area (Å²) >= 11 is 0. The van der Waals surface area contributed by atoms with Gasteiger partial charge < -0.3 is 5.73 Å². The Hall–Kier alpha value is -0.620. The predicted octanol–water partition coefficient (Wildman–Crippen LogP) is 0.666. The normalized spacial score (nSPS) is 16.3. The number of amidine groups is 1. The van der Waals surface area contributed by atoms with E-state index in [0.717, 1.165) is 0 Å². The zero-order chi connectivity index (χ0) is 12.3. The molecule has 0 aromatic carbocycles. The molecule has 0 heterocycles. The van der Waals surface area contributed by atoms with Crippen molar-refractivity contribution in [3.05, 3.63) is 0 Å². The van der Waals surface area contributed by atoms with Gasteiger partial charge in [0.1, 0.15) is 5.84 Å². The second kappa shape index (κ2) is 4.94. The van der Waals surface area contributed by atoms with Gasteiger partial charge in [0.05, 0.1) is 11.3 Å². The number of nitrogens with one attached hydrogen (secondary N) is 2. The van der Waals surface area contributed by atoms with E-state index >= 15 is 0 Å². The van der Waals surface area contributed by atoms with Gasteiger partial charge in [-0.15, -0.1) is 0 Å². The molecule has 0 saturated carbocycles. The number of rotatable bonds is 6. The Labute approximate surface area is 92.0 Å². The molecule has 0 aromatic rings. The van der Waals surface area contributed by atoms with Crippen molar-refractivity contribution in [2.24, 2.45) is 11.7 Å². The zero-order valence-corrected chi connectivity index (χ0v) is 10.6. The van der Waals surface area contributed by atoms with Gasteiger partial charge in [-0.25, -0.2) is 13.1 Å². The Morgan fingerprint density at radius 3 is 2.27 bits per heavy atom. The van der Waals surface area contributed by atoms with Gasteiger partial charge in [0.25, 0.3) is 0 Å². The maximum atomic E-state index is 11.7. The minimum absolute atomic E-state index is 0.0514. The molecule has 0 radical (unpaired) electrons. The van der Waals surface area contributed by atoms with Crippen LogP contribution in [-0.2, 0) is 10.0 Å². The summed E-state index contributed by atoms with van der Waals surface area (Å²) in [6, 6.07) is 0. The van der Waals surface area contributed by atoms with Crippen LogP contribution in [0.4, 0.5) is 0 Å². The van der Waals surface area contributed by atoms with Gasteiger partial charge in [0.2, 0.25) is 10.0 Å². The third-order valence-corrected chi connectivity index (χ3v) is 4.10. The first-order valence-electron chi connectivity index (χ1n) is 4.99. The van der Waals surface area contributed by atoms with Crippen LogP contribution in [0.5, 0.6) is 0 Å². The molecule has 0 saturated heterocycles. The average Bonchev–Trinajstić information content (AvgIpc) is 2.00. The van der Waals surface area contributed by atoms with Crippen molar-refractivity contribution in [3.63, 3.8) is 0 Å². The largest absolute Gasteiger partial charge is 0.386 e. The fourth-order valence-electron chi connectivity index (χ4n) is 1.14. The second-order valence-electron chi connectivity index (χ2n) is 4.38. The van der Waals surface area contributed by atoms with E-state index in [-0.39, 0.29) is 17.5 Å². The molecule has 0 aliphatic carbocycles. The molecule has 90 valence electrons. The van der Waals surface area contributed by atoms with Gasteiger partial charge in [0, 0.05) is 0 Å². The molecule has 0 bridgehead atoms. The van der Waals surface area contributed by atoms with Crippen LogP contribution in [0.3, 0.4) is 0 Å². The maximum absolute atomic E-state index is 11.7. The Bertz CT molecular complexity index is 324. The van der Waals surface area contributed by atoms with Crippen LogP contribution in [0, 0.1) is 11.3 Å². The van der Waals surface area contributed by atoms with Crippen molar-refractivity contribution in [1.29, 1.82) is 5.41 Å². The van der Waals surface area contributed by atoms with E-state index in [2.05, 4.69) is 4.72 Å². The van der Waals surface area contributed by atoms with Crippen molar-refractivity contribution in [2.75, 3.05) is 5.75 Å². The van der Waals surface area contributed by atoms with Crippen LogP contribution in [0.2, 0.25) is 0 Å². The third kappa shape index (κ3) is 4.61. The summed E-state index contributed by atoms with van der Waals surface area (Å²) in [7, 11) is -3.37. The first-order chi connectivity index (χ1) is 6.63. The van der Waals surface area contributed by atoms with E-state index in [4.69, 9.17) is 11.1 Å². The highest BCUT2D eigenvalue weighted by atomic mass is 32.2. The summed E-state index contributed by atoms with van der Waals surface area (Å²) in [5.74, 6) is -0.0523. The van der Waals surface area contributed by atoms with E-state index in [0.29, 0.717) is 6.42 Å². The van der Waals surface area contributed by atoms with Crippen LogP contribution < -0.4 is 10.5 Å². The van der Waals surface area contributed by atoms with Gasteiger partial charge in [-0.3, -0.25) is 5.41 Å². The van der Waals surface area contributed by atoms with Gasteiger partial charge in [-0.2, -0.15) is 0 Å². The van der Waals surface area contributed by atoms with E-state index in [9.17, 15) is 8.42 Å². The molecule has 5 nitrogen and oxygen atoms in total. The minimum Gasteiger partial charge on any atom is -0.386 e. The molecule has 0 amide bonds. The molecule has 0 spiro atoms. The molecule has 0 aliphatic heterocycles. The summed E-state index contributed by atoms with van der Waals surface area (Å²) < 4.78 is 25.8. The van der Waals surface area contributed by atoms with E-state index in [1.807, 2.05) is 13.8 Å². The average molecular weight is 235 g/mol. The first-order valence-corrected chi connectivity index (χ1v) is 6.64. The van der Waals surface area contributed by atoms with Crippen LogP contribution >= 0.6 is 0 Å². The van der Waals surface area contributed by atoms with Crippen LogP contribution in [0.1, 0.15) is 34.1 Å². The lowest BCUT2D eigenvalue weighted by Crippen LogP contribution is -2.55. The summed E-state index contributed by atoms with van der Waals surface area (Å²) in [5, 5.41) is 7.36. The molecule has 1 unspecified atom stereocenters. The van der Waals surface area contributed by atoms with E-state index in [1.54, 1.807) is 13.8 Å². The lowest BCUT2D eigenvalue weighted by molar-refractivity contribution is 0.499. The van der Waals surface area contributed by atoms with Crippen LogP contribution in [-0.4, -0.2) is 25.5 Å². The molecule has 15 heavy (non-hydrogen) atoms. The van der Waals surface area contributed by atoms with Gasteiger partial charge in [-0.05, 0) is 19.3 Å². The summed E-state index contributed by atoms with van der Waals surface area (Å²) in [4.78, 5) is 0. The number of hydrogen-bond donors (Lipinski definition) is 3. The van der Waals surface area contributed by atoms with Crippen LogP contribution in [0.15, 0.2) is 0 Å². The molecule has 0 fully saturated rings. The number of hydrogen-bond acceptors (Lipinski definition) is 3. The Morgan fingerprint density at radius 2 is 2.00 bits per heavy atom. The molecular formula is C9H21N3O2S. The predicted molar refractivity (Wildman–Crippen MR) is 62.4 cm³/mol. The SMILES string of the molecule is CCC(C)(NS(=O)(=O)CC(C)C)C(=N)N. The smallest absolute Gasteiger partial charge is 0.212 e. The van der Waals surface area contributed by atoms with Crippen molar-refractivity contribution < 1.29 is 8.42 Å². The van der Waals surface area contributed by atoms with Crippen molar-refractivity contribution in [1.82, 2.24) is 4.72 Å². The molecule has 6 heteroatoms. The molecule has 0 aliphatic rings. The summed E-state index contributed by atoms with van der Waals surface area (Å²) in [6.45, 7) is 7.07. The van der Waals surface area contributed by atoms with Gasteiger partial charge >= 0.3 is 0 Å². The Balaban J connectivity index is 4.77. The molecule has 0 aromatic heterocycles. The fraction of sp³-hybridized carbons (Fsp3) is 0.889. The number of nitrogens with two attached hydrogens (primary N) is 1. The molecular weight excluding hydrogens is 214 g/mol. The van der Waals surface area contributed by atoms with Crippen molar-refractivity contribution in [2.45, 2.75) is 39.7 Å². The van der Waals surface area contributed by atoms with Gasteiger partial charge in [-0.1, -0.05) is 20.8 Å². The topological polar surface area (TPSA) is 96.0 Å². The highest BCUT2D eigenvalue weighted by molar-refractivity contribution is 7.89. The standard InChI is InChI=1S/C9H21N3O2S/c1-5-9(4,8(10)11)12-15(13,14)6-7(2)3/h7,12H,5-6H2,1-4H3,(H3,10,11). The highest BCUT2D eigenvalue weighted by Gasteiger charge is 2.31. The minimum atomic E-state index is -3.37. The maximum Gasteiger partial charge on any atom is 0.212 e. The summed E-state index contributed by atoms with van der Waals surface area (Å²) in [6.07, 6.45) is 0.458. The Morgan fingerprint density at radius 1 is 1.53 bits per heavy atom. The van der Waals surface area contributed by atoms with Crippen molar-refractivity contribution >= 4 is 15.9 Å². The zero-order valence-electron chi connectivity index (χ0n) is 9.79. The lowest BCUT2D eigenvalue weighted by atomic mass is 10.00. The third-order valence-electron chi connectivity index (χ3n) is 2.24. The van der Waals surface area contributed by atoms with E-state index < -0.39 is 15.6 Å². The highest BCUT2D eigenvalue weighted by Crippen LogP contribution is 2.11. The monoisotopic (exact) mass is 235 g/mol. The molecule has 4 N–H and O–H groups in total. The Kier molecular flexibility index (Phi) is 4.73. The van der Waals surface area contributed by atoms with Crippen LogP contribution in [0.25, 0.3) is 0 Å².